The molecule has 0 bridgehead atoms. The van der Waals surface area contributed by atoms with Gasteiger partial charge in [0.25, 0.3) is 0 Å². The van der Waals surface area contributed by atoms with Crippen LogP contribution in [0.5, 0.6) is 0 Å². The van der Waals surface area contributed by atoms with Crippen LogP contribution >= 0.6 is 11.6 Å². The zero-order valence-corrected chi connectivity index (χ0v) is 11.1. The van der Waals surface area contributed by atoms with E-state index in [0.29, 0.717) is 6.42 Å². The molecule has 0 aliphatic heterocycles. The highest BCUT2D eigenvalue weighted by Gasteiger charge is 2.13. The lowest BCUT2D eigenvalue weighted by Gasteiger charge is -2.12. The van der Waals surface area contributed by atoms with Crippen molar-refractivity contribution < 1.29 is 4.39 Å². The van der Waals surface area contributed by atoms with Gasteiger partial charge in [-0.25, -0.2) is 4.39 Å². The minimum absolute atomic E-state index is 0.128. The maximum atomic E-state index is 13.3. The van der Waals surface area contributed by atoms with E-state index in [1.807, 2.05) is 20.0 Å². The number of aryl methyl sites for hydroxylation is 2. The summed E-state index contributed by atoms with van der Waals surface area (Å²) in [4.78, 5) is 0. The fraction of sp³-hybridized carbons (Fsp3) is 0.308. The highest BCUT2D eigenvalue weighted by atomic mass is 35.5. The second-order valence-corrected chi connectivity index (χ2v) is 4.80. The summed E-state index contributed by atoms with van der Waals surface area (Å²) < 4.78 is 15.1. The molecule has 0 saturated heterocycles. The predicted molar refractivity (Wildman–Crippen MR) is 70.0 cm³/mol. The normalized spacial score (nSPS) is 12.7. The molecule has 2 rings (SSSR count). The Kier molecular flexibility index (Phi) is 3.68. The van der Waals surface area contributed by atoms with E-state index in [1.165, 1.54) is 6.07 Å². The van der Waals surface area contributed by atoms with Gasteiger partial charge in [-0.05, 0) is 37.1 Å². The van der Waals surface area contributed by atoms with Crippen LogP contribution in [0.2, 0.25) is 5.02 Å². The largest absolute Gasteiger partial charge is 0.322 e. The molecule has 1 atom stereocenters. The topological polar surface area (TPSA) is 43.8 Å². The summed E-state index contributed by atoms with van der Waals surface area (Å²) in [6.07, 6.45) is 0.549. The summed E-state index contributed by atoms with van der Waals surface area (Å²) in [5, 5.41) is 4.38. The molecule has 2 N–H and O–H groups in total. The van der Waals surface area contributed by atoms with E-state index in [-0.39, 0.29) is 11.1 Å². The Morgan fingerprint density at radius 3 is 2.72 bits per heavy atom. The summed E-state index contributed by atoms with van der Waals surface area (Å²) >= 11 is 5.64. The number of hydrogen-bond donors (Lipinski definition) is 1. The molecule has 0 amide bonds. The maximum Gasteiger partial charge on any atom is 0.142 e. The van der Waals surface area contributed by atoms with Crippen LogP contribution in [-0.2, 0) is 13.5 Å². The molecule has 0 fully saturated rings. The first-order chi connectivity index (χ1) is 8.47. The van der Waals surface area contributed by atoms with Crippen molar-refractivity contribution in [2.24, 2.45) is 12.8 Å². The van der Waals surface area contributed by atoms with Crippen molar-refractivity contribution >= 4 is 11.6 Å². The smallest absolute Gasteiger partial charge is 0.142 e. The molecule has 0 aliphatic carbocycles. The third kappa shape index (κ3) is 2.71. The van der Waals surface area contributed by atoms with Crippen LogP contribution in [0.3, 0.4) is 0 Å². The third-order valence-electron chi connectivity index (χ3n) is 2.86. The van der Waals surface area contributed by atoms with E-state index >= 15 is 0 Å². The molecule has 2 aromatic rings. The van der Waals surface area contributed by atoms with Crippen molar-refractivity contribution in [2.45, 2.75) is 19.4 Å². The Hall–Kier alpha value is -1.39. The van der Waals surface area contributed by atoms with Crippen LogP contribution in [0.15, 0.2) is 24.3 Å². The first-order valence-electron chi connectivity index (χ1n) is 5.67. The summed E-state index contributed by atoms with van der Waals surface area (Å²) in [7, 11) is 1.85. The van der Waals surface area contributed by atoms with Crippen molar-refractivity contribution in [1.82, 2.24) is 9.78 Å². The van der Waals surface area contributed by atoms with E-state index < -0.39 is 5.82 Å². The van der Waals surface area contributed by atoms with Gasteiger partial charge >= 0.3 is 0 Å². The molecular formula is C13H15ClFN3. The van der Waals surface area contributed by atoms with E-state index in [4.69, 9.17) is 17.3 Å². The van der Waals surface area contributed by atoms with Crippen molar-refractivity contribution in [2.75, 3.05) is 0 Å². The Balaban J connectivity index is 2.18. The Morgan fingerprint density at radius 1 is 1.44 bits per heavy atom. The summed E-state index contributed by atoms with van der Waals surface area (Å²) in [5.74, 6) is -0.414. The molecule has 0 saturated carbocycles. The van der Waals surface area contributed by atoms with E-state index in [0.717, 1.165) is 17.0 Å². The molecule has 0 aliphatic rings. The molecular weight excluding hydrogens is 253 g/mol. The van der Waals surface area contributed by atoms with Gasteiger partial charge in [-0.2, -0.15) is 5.10 Å². The van der Waals surface area contributed by atoms with Crippen molar-refractivity contribution in [1.29, 1.82) is 0 Å². The Bertz CT molecular complexity index is 565. The minimum Gasteiger partial charge on any atom is -0.322 e. The van der Waals surface area contributed by atoms with Crippen molar-refractivity contribution in [3.05, 3.63) is 52.1 Å². The highest BCUT2D eigenvalue weighted by molar-refractivity contribution is 6.30. The average Bonchev–Trinajstić information content (AvgIpc) is 2.63. The number of nitrogens with zero attached hydrogens (tertiary/aromatic N) is 2. The third-order valence-corrected chi connectivity index (χ3v) is 3.16. The molecule has 1 unspecified atom stereocenters. The maximum absolute atomic E-state index is 13.3. The lowest BCUT2D eigenvalue weighted by atomic mass is 10.0. The average molecular weight is 268 g/mol. The van der Waals surface area contributed by atoms with E-state index in [1.54, 1.807) is 16.8 Å². The van der Waals surface area contributed by atoms with Gasteiger partial charge in [-0.3, -0.25) is 4.68 Å². The zero-order valence-electron chi connectivity index (χ0n) is 10.3. The Labute approximate surface area is 110 Å². The molecule has 0 spiro atoms. The highest BCUT2D eigenvalue weighted by Crippen LogP contribution is 2.20. The van der Waals surface area contributed by atoms with Crippen LogP contribution in [0, 0.1) is 12.7 Å². The SMILES string of the molecule is Cc1cc(C(N)Cc2ccc(Cl)c(F)c2)n(C)n1. The molecule has 0 radical (unpaired) electrons. The number of benzene rings is 1. The molecule has 18 heavy (non-hydrogen) atoms. The summed E-state index contributed by atoms with van der Waals surface area (Å²) in [6, 6.07) is 6.49. The van der Waals surface area contributed by atoms with Gasteiger partial charge in [0.15, 0.2) is 0 Å². The van der Waals surface area contributed by atoms with Gasteiger partial charge in [0, 0.05) is 7.05 Å². The number of aromatic nitrogens is 2. The lowest BCUT2D eigenvalue weighted by molar-refractivity contribution is 0.604. The van der Waals surface area contributed by atoms with Gasteiger partial charge in [-0.15, -0.1) is 0 Å². The fourth-order valence-corrected chi connectivity index (χ4v) is 2.12. The summed E-state index contributed by atoms with van der Waals surface area (Å²) in [5.41, 5.74) is 8.79. The van der Waals surface area contributed by atoms with E-state index in [9.17, 15) is 4.39 Å². The van der Waals surface area contributed by atoms with Gasteiger partial charge < -0.3 is 5.73 Å². The molecule has 5 heteroatoms. The Morgan fingerprint density at radius 2 is 2.17 bits per heavy atom. The number of rotatable bonds is 3. The predicted octanol–water partition coefficient (Wildman–Crippen LogP) is 2.76. The van der Waals surface area contributed by atoms with E-state index in [2.05, 4.69) is 5.10 Å². The fourth-order valence-electron chi connectivity index (χ4n) is 2.00. The van der Waals surface area contributed by atoms with Crippen molar-refractivity contribution in [3.8, 4) is 0 Å². The van der Waals surface area contributed by atoms with Crippen molar-refractivity contribution in [3.63, 3.8) is 0 Å². The molecule has 1 heterocycles. The molecule has 3 nitrogen and oxygen atoms in total. The van der Waals surface area contributed by atoms with Crippen LogP contribution in [-0.4, -0.2) is 9.78 Å². The molecule has 1 aromatic heterocycles. The van der Waals surface area contributed by atoms with Crippen LogP contribution in [0.4, 0.5) is 4.39 Å². The standard InChI is InChI=1S/C13H15ClFN3/c1-8-5-13(18(2)17-8)12(16)7-9-3-4-10(14)11(15)6-9/h3-6,12H,7,16H2,1-2H3. The monoisotopic (exact) mass is 267 g/mol. The number of hydrogen-bond acceptors (Lipinski definition) is 2. The molecule has 96 valence electrons. The van der Waals surface area contributed by atoms with Crippen LogP contribution in [0.25, 0.3) is 0 Å². The van der Waals surface area contributed by atoms with Crippen LogP contribution in [0.1, 0.15) is 23.0 Å². The van der Waals surface area contributed by atoms with Gasteiger partial charge in [0.1, 0.15) is 5.82 Å². The van der Waals surface area contributed by atoms with Crippen LogP contribution < -0.4 is 5.73 Å². The quantitative estimate of drug-likeness (QED) is 0.929. The second-order valence-electron chi connectivity index (χ2n) is 4.39. The number of halogens is 2. The first kappa shape index (κ1) is 13.1. The van der Waals surface area contributed by atoms with Gasteiger partial charge in [0.05, 0.1) is 22.5 Å². The summed E-state index contributed by atoms with van der Waals surface area (Å²) in [6.45, 7) is 1.91. The zero-order chi connectivity index (χ0) is 13.3. The number of nitrogens with two attached hydrogens (primary N) is 1. The van der Waals surface area contributed by atoms with Gasteiger partial charge in [-0.1, -0.05) is 17.7 Å². The second kappa shape index (κ2) is 5.08. The first-order valence-corrected chi connectivity index (χ1v) is 6.05. The molecule has 1 aromatic carbocycles. The minimum atomic E-state index is -0.414. The van der Waals surface area contributed by atoms with Gasteiger partial charge in [0.2, 0.25) is 0 Å². The lowest BCUT2D eigenvalue weighted by Crippen LogP contribution is -2.17.